The number of aliphatic imine (C=N–C) groups is 2. The lowest BCUT2D eigenvalue weighted by atomic mass is 10.6. The van der Waals surface area contributed by atoms with Gasteiger partial charge in [0.25, 0.3) is 0 Å². The van der Waals surface area contributed by atoms with E-state index in [1.54, 1.807) is 31.6 Å². The zero-order valence-electron chi connectivity index (χ0n) is 11.2. The van der Waals surface area contributed by atoms with Gasteiger partial charge in [0.1, 0.15) is 11.7 Å². The summed E-state index contributed by atoms with van der Waals surface area (Å²) in [6.45, 7) is 6.28. The molecule has 3 rings (SSSR count). The molecule has 7 nitrogen and oxygen atoms in total. The van der Waals surface area contributed by atoms with Gasteiger partial charge in [-0.05, 0) is 19.9 Å². The van der Waals surface area contributed by atoms with E-state index in [4.69, 9.17) is 0 Å². The zero-order chi connectivity index (χ0) is 13.9. The van der Waals surface area contributed by atoms with Gasteiger partial charge in [-0.15, -0.1) is 0 Å². The molecule has 0 unspecified atom stereocenters. The van der Waals surface area contributed by atoms with Crippen LogP contribution in [0.3, 0.4) is 0 Å². The quantitative estimate of drug-likeness (QED) is 0.736. The first kappa shape index (κ1) is 17.6. The molecule has 0 bridgehead atoms. The normalized spacial score (nSPS) is 11.2. The van der Waals surface area contributed by atoms with E-state index in [0.717, 1.165) is 18.2 Å². The van der Waals surface area contributed by atoms with Gasteiger partial charge in [0.05, 0.1) is 6.54 Å². The molecule has 0 radical (unpaired) electrons. The summed E-state index contributed by atoms with van der Waals surface area (Å²) in [4.78, 5) is 19.2. The summed E-state index contributed by atoms with van der Waals surface area (Å²) in [6.07, 6.45) is 6.62. The molecule has 3 heterocycles. The third-order valence-corrected chi connectivity index (χ3v) is 1.85. The molecule has 0 aromatic carbocycles. The Bertz CT molecular complexity index is 504. The fourth-order valence-corrected chi connectivity index (χ4v) is 0.989. The third-order valence-electron chi connectivity index (χ3n) is 1.85. The van der Waals surface area contributed by atoms with Gasteiger partial charge in [-0.3, -0.25) is 4.99 Å². The predicted molar refractivity (Wildman–Crippen MR) is 79.0 cm³/mol. The molecule has 1 aliphatic rings. The number of aromatic nitrogens is 4. The van der Waals surface area contributed by atoms with E-state index in [-0.39, 0.29) is 7.43 Å². The Balaban J connectivity index is 0.000000265. The molecule has 108 valence electrons. The fourth-order valence-electron chi connectivity index (χ4n) is 0.989. The predicted octanol–water partition coefficient (Wildman–Crippen LogP) is 2.29. The van der Waals surface area contributed by atoms with Gasteiger partial charge in [0.2, 0.25) is 5.89 Å². The smallest absolute Gasteiger partial charge is 0.223 e. The highest BCUT2D eigenvalue weighted by atomic mass is 16.5. The lowest BCUT2D eigenvalue weighted by Crippen LogP contribution is -1.80. The standard InChI is InChI=1S/C5H6N2.C4H6N2.C3H4N2O.CH4/c1-5-6-3-2-4-7-5;1-4-5-2-3-6-4;1-3-4-2-5-6-3;/h2-4H,1H3;2H,3H2,1H3;2H,1H3;1H4. The van der Waals surface area contributed by atoms with Crippen molar-refractivity contribution in [3.8, 4) is 0 Å². The van der Waals surface area contributed by atoms with Crippen molar-refractivity contribution in [3.05, 3.63) is 36.5 Å². The number of rotatable bonds is 0. The van der Waals surface area contributed by atoms with Crippen LogP contribution in [0.4, 0.5) is 0 Å². The van der Waals surface area contributed by atoms with Crippen LogP contribution in [0.25, 0.3) is 0 Å². The molecule has 0 atom stereocenters. The van der Waals surface area contributed by atoms with Crippen molar-refractivity contribution in [2.24, 2.45) is 9.98 Å². The van der Waals surface area contributed by atoms with Crippen LogP contribution in [0.1, 0.15) is 26.1 Å². The number of nitrogens with zero attached hydrogens (tertiary/aromatic N) is 6. The van der Waals surface area contributed by atoms with Gasteiger partial charge in [-0.1, -0.05) is 12.6 Å². The van der Waals surface area contributed by atoms with Gasteiger partial charge >= 0.3 is 0 Å². The molecule has 1 aliphatic heterocycles. The van der Waals surface area contributed by atoms with E-state index in [9.17, 15) is 0 Å². The van der Waals surface area contributed by atoms with Crippen molar-refractivity contribution >= 4 is 12.1 Å². The highest BCUT2D eigenvalue weighted by molar-refractivity contribution is 5.92. The summed E-state index contributed by atoms with van der Waals surface area (Å²) in [5, 5.41) is 3.34. The second kappa shape index (κ2) is 10.5. The molecular weight excluding hydrogens is 256 g/mol. The minimum atomic E-state index is 0. The number of hydrogen-bond donors (Lipinski definition) is 0. The monoisotopic (exact) mass is 276 g/mol. The summed E-state index contributed by atoms with van der Waals surface area (Å²) < 4.78 is 4.47. The Morgan fingerprint density at radius 3 is 1.95 bits per heavy atom. The molecule has 20 heavy (non-hydrogen) atoms. The first-order chi connectivity index (χ1) is 9.18. The van der Waals surface area contributed by atoms with Crippen molar-refractivity contribution in [1.29, 1.82) is 0 Å². The molecule has 0 amide bonds. The number of aryl methyl sites for hydroxylation is 2. The molecule has 0 saturated heterocycles. The first-order valence-electron chi connectivity index (χ1n) is 5.69. The highest BCUT2D eigenvalue weighted by Crippen LogP contribution is 1.84. The maximum atomic E-state index is 4.47. The van der Waals surface area contributed by atoms with Gasteiger partial charge in [-0.25, -0.2) is 15.0 Å². The molecule has 0 spiro atoms. The van der Waals surface area contributed by atoms with Crippen LogP contribution in [-0.4, -0.2) is 38.7 Å². The zero-order valence-corrected chi connectivity index (χ0v) is 11.2. The number of amidine groups is 1. The van der Waals surface area contributed by atoms with Crippen LogP contribution >= 0.6 is 0 Å². The summed E-state index contributed by atoms with van der Waals surface area (Å²) >= 11 is 0. The summed E-state index contributed by atoms with van der Waals surface area (Å²) in [5.41, 5.74) is 0. The van der Waals surface area contributed by atoms with E-state index in [1.165, 1.54) is 6.33 Å². The Labute approximate surface area is 118 Å². The van der Waals surface area contributed by atoms with E-state index in [1.807, 2.05) is 13.8 Å². The summed E-state index contributed by atoms with van der Waals surface area (Å²) in [6, 6.07) is 1.80. The molecule has 0 aliphatic carbocycles. The van der Waals surface area contributed by atoms with Gasteiger partial charge in [-0.2, -0.15) is 4.98 Å². The second-order valence-corrected chi connectivity index (χ2v) is 3.46. The average Bonchev–Trinajstić information content (AvgIpc) is 3.05. The van der Waals surface area contributed by atoms with Crippen molar-refractivity contribution in [3.63, 3.8) is 0 Å². The van der Waals surface area contributed by atoms with Crippen LogP contribution in [0.5, 0.6) is 0 Å². The lowest BCUT2D eigenvalue weighted by Gasteiger charge is -1.81. The van der Waals surface area contributed by atoms with E-state index >= 15 is 0 Å². The van der Waals surface area contributed by atoms with E-state index in [2.05, 4.69) is 34.6 Å². The maximum absolute atomic E-state index is 4.47. The number of hydrogen-bond acceptors (Lipinski definition) is 7. The molecule has 2 aromatic heterocycles. The van der Waals surface area contributed by atoms with E-state index < -0.39 is 0 Å². The minimum absolute atomic E-state index is 0. The fraction of sp³-hybridized carbons (Fsp3) is 0.385. The van der Waals surface area contributed by atoms with Crippen molar-refractivity contribution < 1.29 is 4.52 Å². The summed E-state index contributed by atoms with van der Waals surface area (Å²) in [5.74, 6) is 2.33. The molecular formula is C13H20N6O. The summed E-state index contributed by atoms with van der Waals surface area (Å²) in [7, 11) is 0. The molecule has 0 saturated carbocycles. The van der Waals surface area contributed by atoms with Crippen LogP contribution in [-0.2, 0) is 0 Å². The Hall–Kier alpha value is -2.44. The van der Waals surface area contributed by atoms with Crippen molar-refractivity contribution in [2.75, 3.05) is 6.54 Å². The third kappa shape index (κ3) is 8.62. The molecule has 0 fully saturated rings. The van der Waals surface area contributed by atoms with Crippen LogP contribution < -0.4 is 0 Å². The van der Waals surface area contributed by atoms with Gasteiger partial charge in [0, 0.05) is 25.5 Å². The molecule has 0 N–H and O–H groups in total. The van der Waals surface area contributed by atoms with Crippen LogP contribution in [0.2, 0.25) is 0 Å². The van der Waals surface area contributed by atoms with Gasteiger partial charge < -0.3 is 4.52 Å². The Morgan fingerprint density at radius 1 is 1.05 bits per heavy atom. The van der Waals surface area contributed by atoms with Crippen molar-refractivity contribution in [2.45, 2.75) is 28.2 Å². The Morgan fingerprint density at radius 2 is 1.75 bits per heavy atom. The van der Waals surface area contributed by atoms with Crippen molar-refractivity contribution in [1.82, 2.24) is 20.1 Å². The second-order valence-electron chi connectivity index (χ2n) is 3.46. The average molecular weight is 276 g/mol. The van der Waals surface area contributed by atoms with Crippen LogP contribution in [0, 0.1) is 13.8 Å². The topological polar surface area (TPSA) is 89.4 Å². The lowest BCUT2D eigenvalue weighted by molar-refractivity contribution is 0.392. The first-order valence-corrected chi connectivity index (χ1v) is 5.69. The Kier molecular flexibility index (Phi) is 9.20. The van der Waals surface area contributed by atoms with Crippen LogP contribution in [0.15, 0.2) is 39.3 Å². The highest BCUT2D eigenvalue weighted by Gasteiger charge is 1.87. The van der Waals surface area contributed by atoms with Gasteiger partial charge in [0.15, 0.2) is 6.33 Å². The minimum Gasteiger partial charge on any atom is -0.340 e. The van der Waals surface area contributed by atoms with E-state index in [0.29, 0.717) is 5.89 Å². The molecule has 2 aromatic rings. The largest absolute Gasteiger partial charge is 0.340 e. The SMILES string of the molecule is C.CC1=NCC=N1.Cc1ncccn1.Cc1ncno1. The molecule has 7 heteroatoms. The maximum Gasteiger partial charge on any atom is 0.223 e.